The molecular formula is C17H15AsBiIN2O10S. The van der Waals surface area contributed by atoms with E-state index in [2.05, 4.69) is 12.1 Å². The second kappa shape index (κ2) is 11.9. The third-order valence-corrected chi connectivity index (χ3v) is 14.0. The van der Waals surface area contributed by atoms with E-state index in [9.17, 15) is 29.0 Å². The number of hydrogen-bond donors (Lipinski definition) is 5. The molecule has 0 aliphatic carbocycles. The molecule has 12 nitrogen and oxygen atoms in total. The van der Waals surface area contributed by atoms with Crippen LogP contribution in [0.3, 0.4) is 0 Å². The number of aliphatic hydroxyl groups is 1. The standard InChI is InChI=1S/C9H6INO4S.C8H10AsNO5.Bi.O/c10-6-4-7(16(13,14)15)5-2-1-3-11-8(5)9(6)12;11-5-8(12)10-7-3-1-6(2-4-7)9(13,14)15;;/h1-4,12H,(H,13,14,15);1-4,11H,5H2,(H,10,12)(H2,13,14,15);;/q;;+1;/p-1. The van der Waals surface area contributed by atoms with Gasteiger partial charge in [0.25, 0.3) is 10.1 Å². The van der Waals surface area contributed by atoms with Crippen molar-refractivity contribution in [1.29, 1.82) is 0 Å². The molecule has 0 aliphatic heterocycles. The number of phenolic OH excluding ortho intramolecular Hbond substituents is 1. The van der Waals surface area contributed by atoms with Gasteiger partial charge in [0.1, 0.15) is 10.4 Å². The molecule has 1 heterocycles. The molecule has 0 radical (unpaired) electrons. The van der Waals surface area contributed by atoms with E-state index in [1.807, 2.05) is 0 Å². The Morgan fingerprint density at radius 2 is 1.88 bits per heavy atom. The maximum atomic E-state index is 11.5. The molecule has 3 rings (SSSR count). The SMILES string of the molecule is O=S(=O)(O)c1cc(I)c(O)c2ncccc12.[O]=[Bi][O][As](=O)(O)c1ccc(NC(=O)CO)cc1. The number of nitrogens with zero attached hydrogens (tertiary/aromatic N) is 1. The first-order chi connectivity index (χ1) is 15.4. The van der Waals surface area contributed by atoms with Gasteiger partial charge in [0.15, 0.2) is 5.75 Å². The first-order valence-corrected chi connectivity index (χ1v) is 17.2. The first-order valence-electron chi connectivity index (χ1n) is 8.50. The van der Waals surface area contributed by atoms with E-state index < -0.39 is 60.5 Å². The van der Waals surface area contributed by atoms with Crippen molar-refractivity contribution in [3.05, 3.63) is 52.2 Å². The van der Waals surface area contributed by atoms with E-state index in [0.29, 0.717) is 9.26 Å². The van der Waals surface area contributed by atoms with E-state index in [1.54, 1.807) is 22.6 Å². The summed E-state index contributed by atoms with van der Waals surface area (Å²) < 4.78 is 67.4. The van der Waals surface area contributed by atoms with Crippen LogP contribution in [0.4, 0.5) is 5.69 Å². The van der Waals surface area contributed by atoms with E-state index in [0.717, 1.165) is 0 Å². The van der Waals surface area contributed by atoms with Crippen LogP contribution < -0.4 is 9.67 Å². The summed E-state index contributed by atoms with van der Waals surface area (Å²) in [7, 11) is -4.32. The van der Waals surface area contributed by atoms with Crippen molar-refractivity contribution in [1.82, 2.24) is 4.98 Å². The van der Waals surface area contributed by atoms with Crippen LogP contribution in [0.15, 0.2) is 53.6 Å². The van der Waals surface area contributed by atoms with Gasteiger partial charge in [0, 0.05) is 11.6 Å². The summed E-state index contributed by atoms with van der Waals surface area (Å²) in [6.45, 7) is -0.642. The molecule has 0 fully saturated rings. The zero-order valence-electron chi connectivity index (χ0n) is 16.2. The van der Waals surface area contributed by atoms with Crippen molar-refractivity contribution in [3.63, 3.8) is 0 Å². The normalized spacial score (nSPS) is 12.8. The van der Waals surface area contributed by atoms with Crippen LogP contribution in [-0.2, 0) is 23.3 Å². The van der Waals surface area contributed by atoms with Crippen LogP contribution in [0.5, 0.6) is 5.75 Å². The number of halogens is 1. The topological polar surface area (TPSA) is 200 Å². The number of rotatable bonds is 6. The summed E-state index contributed by atoms with van der Waals surface area (Å²) in [5.41, 5.74) is 0.536. The quantitative estimate of drug-likeness (QED) is 0.127. The van der Waals surface area contributed by atoms with E-state index in [4.69, 9.17) is 9.66 Å². The summed E-state index contributed by atoms with van der Waals surface area (Å²) in [5.74, 6) is -0.677. The van der Waals surface area contributed by atoms with Crippen LogP contribution in [0.25, 0.3) is 10.9 Å². The Balaban J connectivity index is 0.000000234. The van der Waals surface area contributed by atoms with Crippen LogP contribution in [0, 0.1) is 3.57 Å². The molecule has 176 valence electrons. The number of carbonyl (C=O) groups excluding carboxylic acids is 1. The van der Waals surface area contributed by atoms with Crippen molar-refractivity contribution in [2.24, 2.45) is 0 Å². The van der Waals surface area contributed by atoms with Gasteiger partial charge in [-0.1, -0.05) is 0 Å². The Kier molecular flexibility index (Phi) is 10.1. The van der Waals surface area contributed by atoms with E-state index in [1.165, 1.54) is 48.7 Å². The van der Waals surface area contributed by atoms with Gasteiger partial charge >= 0.3 is 112 Å². The summed E-state index contributed by atoms with van der Waals surface area (Å²) in [4.78, 5) is 14.5. The number of benzene rings is 2. The average molecular weight is 850 g/mol. The number of nitrogens with one attached hydrogen (secondary N) is 1. The Morgan fingerprint density at radius 1 is 1.24 bits per heavy atom. The van der Waals surface area contributed by atoms with E-state index >= 15 is 0 Å². The summed E-state index contributed by atoms with van der Waals surface area (Å²) in [6, 6.07) is 9.62. The molecule has 0 bridgehead atoms. The summed E-state index contributed by atoms with van der Waals surface area (Å²) >= 11 is -5.41. The molecule has 0 spiro atoms. The van der Waals surface area contributed by atoms with Crippen LogP contribution in [0.1, 0.15) is 0 Å². The zero-order chi connectivity index (χ0) is 24.8. The van der Waals surface area contributed by atoms with Gasteiger partial charge in [-0.3, -0.25) is 9.54 Å². The molecule has 1 aromatic heterocycles. The van der Waals surface area contributed by atoms with Crippen molar-refractivity contribution in [3.8, 4) is 5.75 Å². The van der Waals surface area contributed by atoms with Gasteiger partial charge in [-0.2, -0.15) is 8.42 Å². The number of aliphatic hydroxyl groups excluding tert-OH is 1. The molecule has 0 saturated carbocycles. The third kappa shape index (κ3) is 7.59. The molecule has 5 N–H and O–H groups in total. The first kappa shape index (κ1) is 27.9. The average Bonchev–Trinajstić information content (AvgIpc) is 2.76. The molecule has 33 heavy (non-hydrogen) atoms. The fourth-order valence-corrected chi connectivity index (χ4v) is 9.11. The molecular weight excluding hydrogens is 835 g/mol. The monoisotopic (exact) mass is 850 g/mol. The number of carbonyl (C=O) groups is 1. The Hall–Kier alpha value is -1.32. The van der Waals surface area contributed by atoms with Gasteiger partial charge in [0.2, 0.25) is 0 Å². The molecule has 3 aromatic rings. The van der Waals surface area contributed by atoms with Crippen molar-refractivity contribution in [2.75, 3.05) is 11.9 Å². The molecule has 1 amide bonds. The molecule has 16 heteroatoms. The van der Waals surface area contributed by atoms with Crippen LogP contribution in [-0.4, -0.2) is 82.6 Å². The Bertz CT molecular complexity index is 1340. The van der Waals surface area contributed by atoms with Gasteiger partial charge in [-0.05, 0) is 40.8 Å². The summed E-state index contributed by atoms with van der Waals surface area (Å²) in [6.07, 6.45) is 1.44. The number of aromatic hydroxyl groups is 1. The van der Waals surface area contributed by atoms with Crippen LogP contribution in [0.2, 0.25) is 0 Å². The number of phenols is 1. The minimum atomic E-state index is -4.64. The second-order valence-electron chi connectivity index (χ2n) is 6.01. The molecule has 2 aromatic carbocycles. The predicted octanol–water partition coefficient (Wildman–Crippen LogP) is -0.0409. The number of aromatic nitrogens is 1. The fraction of sp³-hybridized carbons (Fsp3) is 0.0588. The number of fused-ring (bicyclic) bond motifs is 1. The van der Waals surface area contributed by atoms with Crippen molar-refractivity contribution >= 4 is 97.4 Å². The Labute approximate surface area is 215 Å². The molecule has 0 aliphatic rings. The zero-order valence-corrected chi connectivity index (χ0v) is 24.5. The number of amides is 1. The van der Waals surface area contributed by atoms with Gasteiger partial charge < -0.3 is 5.11 Å². The van der Waals surface area contributed by atoms with Gasteiger partial charge in [0.05, 0.1) is 3.57 Å². The van der Waals surface area contributed by atoms with Crippen molar-refractivity contribution < 1.29 is 40.4 Å². The van der Waals surface area contributed by atoms with E-state index in [-0.39, 0.29) is 25.9 Å². The Morgan fingerprint density at radius 3 is 2.42 bits per heavy atom. The van der Waals surface area contributed by atoms with Crippen LogP contribution >= 0.6 is 22.6 Å². The molecule has 0 saturated heterocycles. The number of hydrogen-bond acceptors (Lipinski definition) is 9. The minimum absolute atomic E-state index is 0.0599. The molecule has 1 unspecified atom stereocenters. The number of pyridine rings is 1. The maximum absolute atomic E-state index is 11.5. The van der Waals surface area contributed by atoms with Gasteiger partial charge in [-0.15, -0.1) is 0 Å². The molecule has 1 atom stereocenters. The second-order valence-corrected chi connectivity index (χ2v) is 16.0. The number of anilines is 1. The fourth-order valence-electron chi connectivity index (χ4n) is 2.41. The van der Waals surface area contributed by atoms with Gasteiger partial charge in [-0.25, -0.2) is 0 Å². The predicted molar refractivity (Wildman–Crippen MR) is 124 cm³/mol. The summed E-state index contributed by atoms with van der Waals surface area (Å²) in [5, 5.41) is 20.8. The third-order valence-electron chi connectivity index (χ3n) is 3.82. The van der Waals surface area contributed by atoms with Crippen molar-refractivity contribution in [2.45, 2.75) is 4.90 Å².